The number of benzene rings is 4. The summed E-state index contributed by atoms with van der Waals surface area (Å²) in [6, 6.07) is 34.1. The van der Waals surface area contributed by atoms with Crippen LogP contribution in [0.2, 0.25) is 0 Å². The van der Waals surface area contributed by atoms with Gasteiger partial charge in [0.1, 0.15) is 0 Å². The first-order valence-corrected chi connectivity index (χ1v) is 10.1. The van der Waals surface area contributed by atoms with Crippen LogP contribution in [0.25, 0.3) is 54.8 Å². The molecular weight excluding hydrogens is 364 g/mol. The Kier molecular flexibility index (Phi) is 3.82. The highest BCUT2D eigenvalue weighted by molar-refractivity contribution is 6.23. The van der Waals surface area contributed by atoms with Crippen LogP contribution in [0.1, 0.15) is 0 Å². The molecule has 30 heavy (non-hydrogen) atoms. The second kappa shape index (κ2) is 6.78. The molecule has 2 heterocycles. The fraction of sp³-hybridized carbons (Fsp3) is 0. The largest absolute Gasteiger partial charge is 0.256 e. The van der Waals surface area contributed by atoms with Gasteiger partial charge in [0.05, 0.1) is 11.4 Å². The third-order valence-electron chi connectivity index (χ3n) is 5.74. The SMILES string of the molecule is c1ccc(-c2ccc3c(ccc4cc(-c5ccccn5)c5ccccc5c43)c2)nc1. The maximum Gasteiger partial charge on any atom is 0.0708 e. The zero-order valence-corrected chi connectivity index (χ0v) is 16.3. The molecule has 0 unspecified atom stereocenters. The quantitative estimate of drug-likeness (QED) is 0.294. The van der Waals surface area contributed by atoms with Crippen molar-refractivity contribution in [3.05, 3.63) is 109 Å². The van der Waals surface area contributed by atoms with Gasteiger partial charge in [-0.2, -0.15) is 0 Å². The van der Waals surface area contributed by atoms with Crippen molar-refractivity contribution in [2.75, 3.05) is 0 Å². The number of aromatic nitrogens is 2. The number of nitrogens with zero attached hydrogens (tertiary/aromatic N) is 2. The molecule has 0 fully saturated rings. The van der Waals surface area contributed by atoms with Crippen LogP contribution in [0, 0.1) is 0 Å². The van der Waals surface area contributed by atoms with Gasteiger partial charge in [-0.05, 0) is 68.7 Å². The average Bonchev–Trinajstić information content (AvgIpc) is 2.84. The van der Waals surface area contributed by atoms with Crippen LogP contribution in [-0.4, -0.2) is 9.97 Å². The Bertz CT molecular complexity index is 1520. The highest BCUT2D eigenvalue weighted by Crippen LogP contribution is 2.38. The Morgan fingerprint density at radius 2 is 1.17 bits per heavy atom. The summed E-state index contributed by atoms with van der Waals surface area (Å²) in [5.41, 5.74) is 4.30. The van der Waals surface area contributed by atoms with Gasteiger partial charge >= 0.3 is 0 Å². The number of hydrogen-bond donors (Lipinski definition) is 0. The molecule has 6 aromatic rings. The molecule has 2 heteroatoms. The van der Waals surface area contributed by atoms with Crippen molar-refractivity contribution in [2.24, 2.45) is 0 Å². The minimum atomic E-state index is 0.995. The molecule has 0 N–H and O–H groups in total. The van der Waals surface area contributed by atoms with E-state index in [1.54, 1.807) is 0 Å². The predicted octanol–water partition coefficient (Wildman–Crippen LogP) is 7.27. The van der Waals surface area contributed by atoms with Gasteiger partial charge in [0, 0.05) is 23.5 Å². The highest BCUT2D eigenvalue weighted by Gasteiger charge is 2.12. The third-order valence-corrected chi connectivity index (χ3v) is 5.74. The van der Waals surface area contributed by atoms with Crippen LogP contribution in [0.3, 0.4) is 0 Å². The van der Waals surface area contributed by atoms with Crippen molar-refractivity contribution in [3.63, 3.8) is 0 Å². The van der Waals surface area contributed by atoms with E-state index in [1.165, 1.54) is 37.9 Å². The Morgan fingerprint density at radius 3 is 1.93 bits per heavy atom. The molecule has 6 rings (SSSR count). The van der Waals surface area contributed by atoms with E-state index in [4.69, 9.17) is 0 Å². The van der Waals surface area contributed by atoms with Gasteiger partial charge < -0.3 is 0 Å². The summed E-state index contributed by atoms with van der Waals surface area (Å²) in [7, 11) is 0. The first-order chi connectivity index (χ1) is 14.9. The maximum absolute atomic E-state index is 4.61. The average molecular weight is 382 g/mol. The summed E-state index contributed by atoms with van der Waals surface area (Å²) >= 11 is 0. The molecule has 0 saturated heterocycles. The zero-order valence-electron chi connectivity index (χ0n) is 16.3. The van der Waals surface area contributed by atoms with E-state index in [0.717, 1.165) is 17.0 Å². The van der Waals surface area contributed by atoms with E-state index in [-0.39, 0.29) is 0 Å². The van der Waals surface area contributed by atoms with Gasteiger partial charge in [-0.15, -0.1) is 0 Å². The van der Waals surface area contributed by atoms with Crippen molar-refractivity contribution >= 4 is 32.3 Å². The second-order valence-corrected chi connectivity index (χ2v) is 7.50. The lowest BCUT2D eigenvalue weighted by molar-refractivity contribution is 1.33. The van der Waals surface area contributed by atoms with Gasteiger partial charge in [-0.3, -0.25) is 9.97 Å². The number of hydrogen-bond acceptors (Lipinski definition) is 2. The Hall–Kier alpha value is -4.04. The zero-order chi connectivity index (χ0) is 19.9. The van der Waals surface area contributed by atoms with Gasteiger partial charge in [0.25, 0.3) is 0 Å². The molecule has 0 radical (unpaired) electrons. The standard InChI is InChI=1S/C28H18N2/c1-2-8-24-23(7-1)25(27-10-4-6-16-30-27)18-21-12-11-19-17-20(13-14-22(19)28(21)24)26-9-3-5-15-29-26/h1-18H. The van der Waals surface area contributed by atoms with Gasteiger partial charge in [-0.25, -0.2) is 0 Å². The summed E-state index contributed by atoms with van der Waals surface area (Å²) in [5, 5.41) is 7.48. The summed E-state index contributed by atoms with van der Waals surface area (Å²) in [6.45, 7) is 0. The molecule has 0 aliphatic heterocycles. The molecule has 0 bridgehead atoms. The summed E-state index contributed by atoms with van der Waals surface area (Å²) < 4.78 is 0. The van der Waals surface area contributed by atoms with Crippen molar-refractivity contribution < 1.29 is 0 Å². The molecule has 0 atom stereocenters. The third kappa shape index (κ3) is 2.66. The Morgan fingerprint density at radius 1 is 0.467 bits per heavy atom. The maximum atomic E-state index is 4.61. The van der Waals surface area contributed by atoms with Crippen LogP contribution in [0.5, 0.6) is 0 Å². The normalized spacial score (nSPS) is 11.3. The monoisotopic (exact) mass is 382 g/mol. The van der Waals surface area contributed by atoms with E-state index in [0.29, 0.717) is 0 Å². The van der Waals surface area contributed by atoms with E-state index in [1.807, 2.05) is 36.7 Å². The van der Waals surface area contributed by atoms with Crippen LogP contribution < -0.4 is 0 Å². The number of pyridine rings is 2. The van der Waals surface area contributed by atoms with Crippen molar-refractivity contribution in [1.29, 1.82) is 0 Å². The molecule has 0 spiro atoms. The fourth-order valence-electron chi connectivity index (χ4n) is 4.36. The predicted molar refractivity (Wildman–Crippen MR) is 125 cm³/mol. The van der Waals surface area contributed by atoms with E-state index in [2.05, 4.69) is 82.8 Å². The lowest BCUT2D eigenvalue weighted by atomic mass is 9.91. The van der Waals surface area contributed by atoms with Crippen molar-refractivity contribution in [2.45, 2.75) is 0 Å². The van der Waals surface area contributed by atoms with E-state index < -0.39 is 0 Å². The van der Waals surface area contributed by atoms with Crippen LogP contribution in [-0.2, 0) is 0 Å². The lowest BCUT2D eigenvalue weighted by Gasteiger charge is -2.13. The minimum absolute atomic E-state index is 0.995. The molecule has 0 aliphatic carbocycles. The number of rotatable bonds is 2. The molecule has 140 valence electrons. The van der Waals surface area contributed by atoms with Gasteiger partial charge in [0.2, 0.25) is 0 Å². The Labute approximate surface area is 174 Å². The molecule has 2 aromatic heterocycles. The van der Waals surface area contributed by atoms with Gasteiger partial charge in [-0.1, -0.05) is 60.7 Å². The molecular formula is C28H18N2. The molecule has 0 amide bonds. The highest BCUT2D eigenvalue weighted by atomic mass is 14.7. The lowest BCUT2D eigenvalue weighted by Crippen LogP contribution is -1.88. The Balaban J connectivity index is 1.68. The van der Waals surface area contributed by atoms with Crippen molar-refractivity contribution in [3.8, 4) is 22.5 Å². The minimum Gasteiger partial charge on any atom is -0.256 e. The molecule has 0 aliphatic rings. The van der Waals surface area contributed by atoms with Gasteiger partial charge in [0.15, 0.2) is 0 Å². The van der Waals surface area contributed by atoms with Crippen LogP contribution >= 0.6 is 0 Å². The smallest absolute Gasteiger partial charge is 0.0708 e. The number of fused-ring (bicyclic) bond motifs is 5. The second-order valence-electron chi connectivity index (χ2n) is 7.50. The van der Waals surface area contributed by atoms with E-state index in [9.17, 15) is 0 Å². The van der Waals surface area contributed by atoms with E-state index >= 15 is 0 Å². The fourth-order valence-corrected chi connectivity index (χ4v) is 4.36. The summed E-state index contributed by atoms with van der Waals surface area (Å²) in [4.78, 5) is 9.11. The molecule has 4 aromatic carbocycles. The van der Waals surface area contributed by atoms with Crippen molar-refractivity contribution in [1.82, 2.24) is 9.97 Å². The summed E-state index contributed by atoms with van der Waals surface area (Å²) in [6.07, 6.45) is 3.69. The first kappa shape index (κ1) is 16.9. The van der Waals surface area contributed by atoms with Crippen LogP contribution in [0.4, 0.5) is 0 Å². The summed E-state index contributed by atoms with van der Waals surface area (Å²) in [5.74, 6) is 0. The topological polar surface area (TPSA) is 25.8 Å². The first-order valence-electron chi connectivity index (χ1n) is 10.1. The molecule has 2 nitrogen and oxygen atoms in total. The van der Waals surface area contributed by atoms with Crippen LogP contribution in [0.15, 0.2) is 109 Å². The molecule has 0 saturated carbocycles.